The Morgan fingerprint density at radius 2 is 1.70 bits per heavy atom. The second kappa shape index (κ2) is 11.2. The number of hydrogen-bond donors (Lipinski definition) is 2. The van der Waals surface area contributed by atoms with Crippen molar-refractivity contribution in [3.05, 3.63) is 58.9 Å². The third kappa shape index (κ3) is 6.89. The van der Waals surface area contributed by atoms with Crippen LogP contribution < -0.4 is 10.6 Å². The highest BCUT2D eigenvalue weighted by Crippen LogP contribution is 2.28. The summed E-state index contributed by atoms with van der Waals surface area (Å²) < 4.78 is 38.0. The molecule has 202 valence electrons. The molecule has 1 fully saturated rings. The summed E-state index contributed by atoms with van der Waals surface area (Å²) >= 11 is 0. The number of amides is 2. The fraction of sp³-hybridized carbons (Fsp3) is 0.500. The van der Waals surface area contributed by atoms with Gasteiger partial charge < -0.3 is 15.5 Å². The van der Waals surface area contributed by atoms with E-state index in [2.05, 4.69) is 17.6 Å². The van der Waals surface area contributed by atoms with Crippen molar-refractivity contribution in [3.63, 3.8) is 0 Å². The predicted molar refractivity (Wildman–Crippen MR) is 144 cm³/mol. The number of aryl methyl sites for hydroxylation is 2. The average molecular weight is 532 g/mol. The third-order valence-electron chi connectivity index (χ3n) is 7.18. The van der Waals surface area contributed by atoms with Crippen LogP contribution in [0.5, 0.6) is 0 Å². The van der Waals surface area contributed by atoms with E-state index in [4.69, 9.17) is 0 Å². The van der Waals surface area contributed by atoms with Crippen molar-refractivity contribution in [3.8, 4) is 0 Å². The fourth-order valence-electron chi connectivity index (χ4n) is 4.68. The van der Waals surface area contributed by atoms with Gasteiger partial charge in [-0.2, -0.15) is 0 Å². The number of likely N-dealkylation sites (tertiary alicyclic amines) is 1. The lowest BCUT2D eigenvalue weighted by Crippen LogP contribution is -2.56. The minimum absolute atomic E-state index is 0.0433. The molecule has 0 aliphatic carbocycles. The molecule has 2 aromatic rings. The van der Waals surface area contributed by atoms with E-state index < -0.39 is 27.6 Å². The second-order valence-corrected chi connectivity index (χ2v) is 12.6. The van der Waals surface area contributed by atoms with Crippen LogP contribution in [0.15, 0.2) is 41.3 Å². The summed E-state index contributed by atoms with van der Waals surface area (Å²) in [5.41, 5.74) is 2.19. The van der Waals surface area contributed by atoms with Gasteiger partial charge in [-0.3, -0.25) is 9.59 Å². The molecule has 9 heteroatoms. The van der Waals surface area contributed by atoms with Gasteiger partial charge in [0.15, 0.2) is 9.84 Å². The van der Waals surface area contributed by atoms with Crippen LogP contribution in [0.3, 0.4) is 0 Å². The van der Waals surface area contributed by atoms with E-state index in [0.717, 1.165) is 16.8 Å². The molecule has 0 saturated carbocycles. The van der Waals surface area contributed by atoms with Gasteiger partial charge in [0, 0.05) is 30.6 Å². The van der Waals surface area contributed by atoms with Crippen molar-refractivity contribution in [2.75, 3.05) is 24.7 Å². The molecular formula is C28H38FN3O4S. The van der Waals surface area contributed by atoms with Gasteiger partial charge in [-0.1, -0.05) is 20.8 Å². The zero-order valence-corrected chi connectivity index (χ0v) is 23.3. The van der Waals surface area contributed by atoms with Gasteiger partial charge in [0.25, 0.3) is 5.91 Å². The van der Waals surface area contributed by atoms with E-state index in [1.165, 1.54) is 12.3 Å². The van der Waals surface area contributed by atoms with Crippen molar-refractivity contribution in [1.29, 1.82) is 0 Å². The molecule has 37 heavy (non-hydrogen) atoms. The molecule has 0 radical (unpaired) electrons. The summed E-state index contributed by atoms with van der Waals surface area (Å²) in [6, 6.07) is 8.83. The van der Waals surface area contributed by atoms with Gasteiger partial charge in [-0.15, -0.1) is 0 Å². The maximum absolute atomic E-state index is 14.6. The molecule has 0 spiro atoms. The van der Waals surface area contributed by atoms with E-state index in [0.29, 0.717) is 32.4 Å². The number of carbonyl (C=O) groups is 2. The monoisotopic (exact) mass is 531 g/mol. The Bertz CT molecular complexity index is 1250. The van der Waals surface area contributed by atoms with Gasteiger partial charge in [0.05, 0.1) is 10.5 Å². The van der Waals surface area contributed by atoms with Gasteiger partial charge in [-0.05, 0) is 86.6 Å². The van der Waals surface area contributed by atoms with Crippen LogP contribution in [0, 0.1) is 18.7 Å². The largest absolute Gasteiger partial charge is 0.380 e. The van der Waals surface area contributed by atoms with Crippen LogP contribution in [-0.4, -0.2) is 56.1 Å². The number of halogens is 1. The summed E-state index contributed by atoms with van der Waals surface area (Å²) in [4.78, 5) is 28.4. The molecule has 1 aliphatic rings. The lowest BCUT2D eigenvalue weighted by molar-refractivity contribution is -0.135. The van der Waals surface area contributed by atoms with Crippen molar-refractivity contribution >= 4 is 27.3 Å². The number of sulfone groups is 1. The standard InChI is InChI=1S/C28H38FN3O4S/c1-7-20-17-23(24(29)16-19(20)4)26(33)30-25(18(2)3)27(34)32-14-12-28(5,13-15-32)31-21-8-10-22(11-9-21)37(6,35)36/h8-11,16-18,25,31H,7,12-15H2,1-6H3,(H,30,33). The van der Waals surface area contributed by atoms with E-state index in [1.54, 1.807) is 35.2 Å². The molecule has 2 N–H and O–H groups in total. The van der Waals surface area contributed by atoms with Crippen molar-refractivity contribution in [1.82, 2.24) is 10.2 Å². The van der Waals surface area contributed by atoms with Crippen LogP contribution in [-0.2, 0) is 21.1 Å². The lowest BCUT2D eigenvalue weighted by atomic mass is 9.88. The van der Waals surface area contributed by atoms with Crippen LogP contribution in [0.25, 0.3) is 0 Å². The van der Waals surface area contributed by atoms with Crippen molar-refractivity contribution in [2.24, 2.45) is 5.92 Å². The zero-order chi connectivity index (χ0) is 27.5. The first-order chi connectivity index (χ1) is 17.2. The van der Waals surface area contributed by atoms with E-state index in [9.17, 15) is 22.4 Å². The van der Waals surface area contributed by atoms with Gasteiger partial charge in [0.2, 0.25) is 5.91 Å². The highest BCUT2D eigenvalue weighted by Gasteiger charge is 2.36. The number of anilines is 1. The summed E-state index contributed by atoms with van der Waals surface area (Å²) in [6.07, 6.45) is 3.22. The van der Waals surface area contributed by atoms with Crippen molar-refractivity contribution < 1.29 is 22.4 Å². The number of hydrogen-bond acceptors (Lipinski definition) is 5. The second-order valence-electron chi connectivity index (χ2n) is 10.6. The Balaban J connectivity index is 1.66. The number of nitrogens with zero attached hydrogens (tertiary/aromatic N) is 1. The number of rotatable bonds is 8. The van der Waals surface area contributed by atoms with E-state index in [-0.39, 0.29) is 27.8 Å². The Labute approximate surface area is 219 Å². The molecule has 1 saturated heterocycles. The number of piperidine rings is 1. The summed E-state index contributed by atoms with van der Waals surface area (Å²) in [5, 5.41) is 6.26. The number of nitrogens with one attached hydrogen (secondary N) is 2. The Hall–Kier alpha value is -2.94. The molecule has 2 amide bonds. The van der Waals surface area contributed by atoms with E-state index in [1.807, 2.05) is 27.7 Å². The van der Waals surface area contributed by atoms with Gasteiger partial charge >= 0.3 is 0 Å². The molecule has 0 aromatic heterocycles. The third-order valence-corrected chi connectivity index (χ3v) is 8.31. The molecule has 3 rings (SSSR count). The first-order valence-electron chi connectivity index (χ1n) is 12.7. The van der Waals surface area contributed by atoms with Crippen molar-refractivity contribution in [2.45, 2.75) is 70.4 Å². The first-order valence-corrected chi connectivity index (χ1v) is 14.6. The Morgan fingerprint density at radius 3 is 2.22 bits per heavy atom. The SMILES string of the molecule is CCc1cc(C(=O)NC(C(=O)N2CCC(C)(Nc3ccc(S(C)(=O)=O)cc3)CC2)C(C)C)c(F)cc1C. The highest BCUT2D eigenvalue weighted by atomic mass is 32.2. The molecule has 0 bridgehead atoms. The normalized spacial score (nSPS) is 16.4. The Morgan fingerprint density at radius 1 is 1.11 bits per heavy atom. The molecule has 1 atom stereocenters. The van der Waals surface area contributed by atoms with Gasteiger partial charge in [0.1, 0.15) is 11.9 Å². The zero-order valence-electron chi connectivity index (χ0n) is 22.5. The first kappa shape index (κ1) is 28.6. The van der Waals surface area contributed by atoms with Gasteiger partial charge in [-0.25, -0.2) is 12.8 Å². The van der Waals surface area contributed by atoms with Crippen LogP contribution >= 0.6 is 0 Å². The number of benzene rings is 2. The highest BCUT2D eigenvalue weighted by molar-refractivity contribution is 7.90. The quantitative estimate of drug-likeness (QED) is 0.528. The minimum Gasteiger partial charge on any atom is -0.380 e. The molecule has 2 aromatic carbocycles. The van der Waals surface area contributed by atoms with E-state index >= 15 is 0 Å². The number of carbonyl (C=O) groups excluding carboxylic acids is 2. The molecule has 1 unspecified atom stereocenters. The summed E-state index contributed by atoms with van der Waals surface area (Å²) in [6.45, 7) is 10.6. The lowest BCUT2D eigenvalue weighted by Gasteiger charge is -2.42. The topological polar surface area (TPSA) is 95.6 Å². The molecular weight excluding hydrogens is 493 g/mol. The average Bonchev–Trinajstić information content (AvgIpc) is 2.82. The van der Waals surface area contributed by atoms with Crippen LogP contribution in [0.4, 0.5) is 10.1 Å². The van der Waals surface area contributed by atoms with Crippen LogP contribution in [0.1, 0.15) is 62.0 Å². The molecule has 1 aliphatic heterocycles. The maximum Gasteiger partial charge on any atom is 0.254 e. The predicted octanol–water partition coefficient (Wildman–Crippen LogP) is 4.35. The summed E-state index contributed by atoms with van der Waals surface area (Å²) in [7, 11) is -3.26. The minimum atomic E-state index is -3.26. The fourth-order valence-corrected chi connectivity index (χ4v) is 5.31. The Kier molecular flexibility index (Phi) is 8.67. The molecule has 7 nitrogen and oxygen atoms in total. The maximum atomic E-state index is 14.6. The smallest absolute Gasteiger partial charge is 0.254 e. The summed E-state index contributed by atoms with van der Waals surface area (Å²) in [5.74, 6) is -1.52. The van der Waals surface area contributed by atoms with Crippen LogP contribution in [0.2, 0.25) is 0 Å². The molecule has 1 heterocycles.